The molecule has 2 nitrogen and oxygen atoms in total. The number of halogens is 2. The Kier molecular flexibility index (Phi) is 3.39. The molecule has 0 heterocycles. The normalized spacial score (nSPS) is 10.5. The van der Waals surface area contributed by atoms with E-state index >= 15 is 0 Å². The fraction of sp³-hybridized carbons (Fsp3) is 0.364. The first kappa shape index (κ1) is 11.6. The Balaban J connectivity index is 3.22. The van der Waals surface area contributed by atoms with Crippen LogP contribution in [0.5, 0.6) is 5.75 Å². The van der Waals surface area contributed by atoms with Gasteiger partial charge in [0.25, 0.3) is 0 Å². The lowest BCUT2D eigenvalue weighted by Crippen LogP contribution is -2.12. The molecule has 1 rings (SSSR count). The number of carbonyl (C=O) groups excluding carboxylic acids is 1. The maximum Gasteiger partial charge on any atom is 0.300 e. The lowest BCUT2D eigenvalue weighted by atomic mass is 10.0. The predicted octanol–water partition coefficient (Wildman–Crippen LogP) is 2.76. The first-order valence-corrected chi connectivity index (χ1v) is 4.45. The van der Waals surface area contributed by atoms with Gasteiger partial charge in [-0.25, -0.2) is 8.78 Å². The molecular weight excluding hydrogens is 202 g/mol. The summed E-state index contributed by atoms with van der Waals surface area (Å²) in [6, 6.07) is 3.02. The van der Waals surface area contributed by atoms with Crippen molar-refractivity contribution in [1.29, 1.82) is 0 Å². The minimum absolute atomic E-state index is 0.0586. The number of ketones is 1. The van der Waals surface area contributed by atoms with Crippen molar-refractivity contribution in [3.8, 4) is 5.75 Å². The Bertz CT molecular complexity index is 386. The van der Waals surface area contributed by atoms with Crippen LogP contribution in [0.1, 0.15) is 21.5 Å². The standard InChI is InChI=1S/C11H12F2O2/c1-6-5-9(15-3)7(2)4-8(6)10(14)11(12)13/h4-5,11H,1-3H3. The van der Waals surface area contributed by atoms with Crippen molar-refractivity contribution < 1.29 is 18.3 Å². The maximum atomic E-state index is 12.2. The van der Waals surface area contributed by atoms with Crippen LogP contribution < -0.4 is 4.74 Å². The van der Waals surface area contributed by atoms with Crippen molar-refractivity contribution >= 4 is 5.78 Å². The lowest BCUT2D eigenvalue weighted by molar-refractivity contribution is 0.0678. The second-order valence-electron chi connectivity index (χ2n) is 3.30. The molecule has 1 aromatic carbocycles. The van der Waals surface area contributed by atoms with Crippen molar-refractivity contribution in [3.63, 3.8) is 0 Å². The number of carbonyl (C=O) groups is 1. The van der Waals surface area contributed by atoms with Crippen molar-refractivity contribution in [3.05, 3.63) is 28.8 Å². The second kappa shape index (κ2) is 4.38. The van der Waals surface area contributed by atoms with Gasteiger partial charge in [-0.05, 0) is 37.1 Å². The summed E-state index contributed by atoms with van der Waals surface area (Å²) < 4.78 is 29.5. The molecule has 0 saturated heterocycles. The number of aryl methyl sites for hydroxylation is 2. The molecule has 0 aliphatic rings. The minimum atomic E-state index is -2.96. The first-order chi connectivity index (χ1) is 6.97. The molecule has 0 bridgehead atoms. The van der Waals surface area contributed by atoms with Crippen LogP contribution in [0.4, 0.5) is 8.78 Å². The number of rotatable bonds is 3. The lowest BCUT2D eigenvalue weighted by Gasteiger charge is -2.09. The van der Waals surface area contributed by atoms with Crippen LogP contribution in [0.3, 0.4) is 0 Å². The quantitative estimate of drug-likeness (QED) is 0.723. The van der Waals surface area contributed by atoms with E-state index in [4.69, 9.17) is 4.74 Å². The van der Waals surface area contributed by atoms with E-state index in [1.54, 1.807) is 19.9 Å². The highest BCUT2D eigenvalue weighted by molar-refractivity contribution is 6.00. The van der Waals surface area contributed by atoms with Crippen molar-refractivity contribution in [2.24, 2.45) is 0 Å². The highest BCUT2D eigenvalue weighted by Gasteiger charge is 2.20. The van der Waals surface area contributed by atoms with E-state index in [2.05, 4.69) is 0 Å². The van der Waals surface area contributed by atoms with E-state index in [1.165, 1.54) is 13.2 Å². The molecule has 1 aromatic rings. The second-order valence-corrected chi connectivity index (χ2v) is 3.30. The highest BCUT2D eigenvalue weighted by atomic mass is 19.3. The van der Waals surface area contributed by atoms with Crippen molar-refractivity contribution in [2.45, 2.75) is 20.3 Å². The van der Waals surface area contributed by atoms with Gasteiger partial charge < -0.3 is 4.74 Å². The minimum Gasteiger partial charge on any atom is -0.496 e. The predicted molar refractivity (Wildman–Crippen MR) is 52.8 cm³/mol. The summed E-state index contributed by atoms with van der Waals surface area (Å²) in [4.78, 5) is 11.1. The van der Waals surface area contributed by atoms with Gasteiger partial charge in [0.15, 0.2) is 0 Å². The Morgan fingerprint density at radius 3 is 2.33 bits per heavy atom. The molecular formula is C11H12F2O2. The van der Waals surface area contributed by atoms with Crippen LogP contribution in [0.2, 0.25) is 0 Å². The molecule has 0 aliphatic heterocycles. The van der Waals surface area contributed by atoms with Gasteiger partial charge in [0.05, 0.1) is 7.11 Å². The average molecular weight is 214 g/mol. The van der Waals surface area contributed by atoms with Gasteiger partial charge in [-0.1, -0.05) is 0 Å². The van der Waals surface area contributed by atoms with Gasteiger partial charge in [0, 0.05) is 5.56 Å². The van der Waals surface area contributed by atoms with Crippen LogP contribution >= 0.6 is 0 Å². The molecule has 0 spiro atoms. The van der Waals surface area contributed by atoms with Gasteiger partial charge in [-0.15, -0.1) is 0 Å². The SMILES string of the molecule is COc1cc(C)c(C(=O)C(F)F)cc1C. The van der Waals surface area contributed by atoms with Crippen molar-refractivity contribution in [2.75, 3.05) is 7.11 Å². The van der Waals surface area contributed by atoms with Gasteiger partial charge >= 0.3 is 6.43 Å². The summed E-state index contributed by atoms with van der Waals surface area (Å²) in [7, 11) is 1.50. The average Bonchev–Trinajstić information content (AvgIpc) is 2.19. The fourth-order valence-corrected chi connectivity index (χ4v) is 1.39. The Morgan fingerprint density at radius 2 is 1.87 bits per heavy atom. The molecule has 0 N–H and O–H groups in total. The molecule has 0 aromatic heterocycles. The molecule has 0 unspecified atom stereocenters. The van der Waals surface area contributed by atoms with Gasteiger partial charge in [0.2, 0.25) is 5.78 Å². The topological polar surface area (TPSA) is 26.3 Å². The number of alkyl halides is 2. The fourth-order valence-electron chi connectivity index (χ4n) is 1.39. The number of Topliss-reactive ketones (excluding diaryl/α,β-unsaturated/α-hetero) is 1. The Labute approximate surface area is 86.9 Å². The van der Waals surface area contributed by atoms with Crippen LogP contribution in [0.25, 0.3) is 0 Å². The summed E-state index contributed by atoms with van der Waals surface area (Å²) >= 11 is 0. The van der Waals surface area contributed by atoms with Crippen molar-refractivity contribution in [1.82, 2.24) is 0 Å². The Hall–Kier alpha value is -1.45. The summed E-state index contributed by atoms with van der Waals surface area (Å²) in [5.74, 6) is -0.545. The third kappa shape index (κ3) is 2.32. The van der Waals surface area contributed by atoms with E-state index in [-0.39, 0.29) is 5.56 Å². The summed E-state index contributed by atoms with van der Waals surface area (Å²) in [6.45, 7) is 3.32. The molecule has 0 radical (unpaired) electrons. The number of benzene rings is 1. The summed E-state index contributed by atoms with van der Waals surface area (Å²) in [6.07, 6.45) is -2.96. The van der Waals surface area contributed by atoms with E-state index < -0.39 is 12.2 Å². The van der Waals surface area contributed by atoms with Gasteiger partial charge in [-0.3, -0.25) is 4.79 Å². The zero-order chi connectivity index (χ0) is 11.6. The maximum absolute atomic E-state index is 12.2. The van der Waals surface area contributed by atoms with Crippen LogP contribution in [-0.2, 0) is 0 Å². The zero-order valence-corrected chi connectivity index (χ0v) is 8.80. The molecule has 4 heteroatoms. The third-order valence-corrected chi connectivity index (χ3v) is 2.21. The van der Waals surface area contributed by atoms with Gasteiger partial charge in [-0.2, -0.15) is 0 Å². The van der Waals surface area contributed by atoms with Gasteiger partial charge in [0.1, 0.15) is 5.75 Å². The number of ether oxygens (including phenoxy) is 1. The summed E-state index contributed by atoms with van der Waals surface area (Å²) in [5.41, 5.74) is 1.23. The third-order valence-electron chi connectivity index (χ3n) is 2.21. The van der Waals surface area contributed by atoms with Crippen LogP contribution in [0, 0.1) is 13.8 Å². The highest BCUT2D eigenvalue weighted by Crippen LogP contribution is 2.23. The number of hydrogen-bond donors (Lipinski definition) is 0. The summed E-state index contributed by atoms with van der Waals surface area (Å²) in [5, 5.41) is 0. The molecule has 0 amide bonds. The number of hydrogen-bond acceptors (Lipinski definition) is 2. The molecule has 0 aliphatic carbocycles. The molecule has 0 fully saturated rings. The van der Waals surface area contributed by atoms with E-state index in [1.807, 2.05) is 0 Å². The molecule has 82 valence electrons. The monoisotopic (exact) mass is 214 g/mol. The van der Waals surface area contributed by atoms with E-state index in [9.17, 15) is 13.6 Å². The van der Waals surface area contributed by atoms with Crippen LogP contribution in [-0.4, -0.2) is 19.3 Å². The van der Waals surface area contributed by atoms with E-state index in [0.29, 0.717) is 16.9 Å². The Morgan fingerprint density at radius 1 is 1.27 bits per heavy atom. The molecule has 0 atom stereocenters. The largest absolute Gasteiger partial charge is 0.496 e. The molecule has 15 heavy (non-hydrogen) atoms. The molecule has 0 saturated carbocycles. The first-order valence-electron chi connectivity index (χ1n) is 4.45. The zero-order valence-electron chi connectivity index (χ0n) is 8.80. The van der Waals surface area contributed by atoms with Crippen LogP contribution in [0.15, 0.2) is 12.1 Å². The smallest absolute Gasteiger partial charge is 0.300 e. The number of methoxy groups -OCH3 is 1. The van der Waals surface area contributed by atoms with E-state index in [0.717, 1.165) is 0 Å².